The molecule has 3 aliphatic heterocycles. The van der Waals surface area contributed by atoms with E-state index in [1.165, 1.54) is 25.7 Å². The van der Waals surface area contributed by atoms with E-state index in [-0.39, 0.29) is 70.4 Å². The van der Waals surface area contributed by atoms with E-state index in [9.17, 15) is 57.5 Å². The number of nitrogens with one attached hydrogen (secondary N) is 3. The minimum Gasteiger partial charge on any atom is -0.460 e. The van der Waals surface area contributed by atoms with E-state index in [1.807, 2.05) is 20.8 Å². The van der Waals surface area contributed by atoms with Gasteiger partial charge in [-0.15, -0.1) is 0 Å². The number of rotatable bonds is 23. The van der Waals surface area contributed by atoms with Gasteiger partial charge < -0.3 is 87.5 Å². The number of piperidine rings is 2. The summed E-state index contributed by atoms with van der Waals surface area (Å²) in [6, 6.07) is 0. The maximum Gasteiger partial charge on any atom is 0.410 e. The number of hydrogen-bond acceptors (Lipinski definition) is 24. The van der Waals surface area contributed by atoms with Crippen LogP contribution in [0.15, 0.2) is 72.9 Å². The fraction of sp³-hybridized carbons (Fsp3) is 0.707. The van der Waals surface area contributed by atoms with E-state index in [0.29, 0.717) is 65.3 Å². The SMILES string of the molecule is C=C(C)C(=O)OC(C)(C)C(C)(C)NC(=O)OC(C)(C)C.C=C(C)C(=O)OC(C)(C)CNC(=O)OC(C)(C)C.C=C(C)C(=O)OC1(C2CCCCC2)CCN(C(=O)OC(C)(C)C)CC1.C=C(C)C(=O)OCCNC(=O)OC(C)(C)C.C=C(C)C(=O)OCCOC(=O)N1CCCC1.C=C(C)C(=O)OCCOC(=O)N1CCCCC1. The highest BCUT2D eigenvalue weighted by atomic mass is 16.6. The van der Waals surface area contributed by atoms with Crippen LogP contribution in [0.4, 0.5) is 28.8 Å². The highest BCUT2D eigenvalue weighted by Gasteiger charge is 2.47. The summed E-state index contributed by atoms with van der Waals surface area (Å²) in [6.45, 7) is 67.6. The number of alkyl carbamates (subject to hydrolysis) is 3. The predicted octanol–water partition coefficient (Wildman–Crippen LogP) is 14.7. The third-order valence-electron chi connectivity index (χ3n) is 16.2. The van der Waals surface area contributed by atoms with Crippen LogP contribution in [0.2, 0.25) is 0 Å². The number of nitrogens with zero attached hydrogens (tertiary/aromatic N) is 3. The van der Waals surface area contributed by atoms with Crippen molar-refractivity contribution in [2.75, 3.05) is 85.4 Å². The Labute approximate surface area is 666 Å². The van der Waals surface area contributed by atoms with Gasteiger partial charge in [0.05, 0.1) is 18.6 Å². The Balaban J connectivity index is 0. The van der Waals surface area contributed by atoms with Crippen molar-refractivity contribution >= 4 is 72.4 Å². The fourth-order valence-corrected chi connectivity index (χ4v) is 9.68. The molecule has 1 saturated carbocycles. The first-order valence-corrected chi connectivity index (χ1v) is 38.1. The van der Waals surface area contributed by atoms with Gasteiger partial charge in [0.15, 0.2) is 0 Å². The second-order valence-corrected chi connectivity index (χ2v) is 33.4. The van der Waals surface area contributed by atoms with Crippen molar-refractivity contribution in [3.63, 3.8) is 0 Å². The average Bonchev–Trinajstić information content (AvgIpc) is 0.901. The minimum atomic E-state index is -0.917. The molecule has 4 aliphatic rings. The Bertz CT molecular complexity index is 3170. The van der Waals surface area contributed by atoms with E-state index in [4.69, 9.17) is 56.8 Å². The second kappa shape index (κ2) is 49.4. The van der Waals surface area contributed by atoms with Crippen molar-refractivity contribution in [1.29, 1.82) is 0 Å². The van der Waals surface area contributed by atoms with Crippen LogP contribution in [0.3, 0.4) is 0 Å². The van der Waals surface area contributed by atoms with Crippen LogP contribution in [0.25, 0.3) is 0 Å². The maximum absolute atomic E-state index is 12.3. The standard InChI is InChI=1S/C20H33NO4.C15H27NO4.C13H23NO4.C12H19NO4.C11H17NO4.C11H19NO4/c1-15(2)17(22)24-20(16-9-7-6-8-10-16)11-13-21(14-12-20)18(23)25-19(3,4)5;1-10(2)11(17)19-15(8,9)14(6,7)16-12(18)20-13(3,4)5;1-9(2)10(15)17-13(6,7)8-14-11(16)18-12(3,4)5;1-10(2)11(14)16-8-9-17-12(15)13-6-4-3-5-7-13;1-9(2)10(13)15-7-8-16-11(14)12-5-3-4-6-12;1-8(2)9(13)15-7-6-12-10(14)16-11(3,4)5/h16H,1,6-14H2,2-5H3;1H2,2-9H3,(H,16,18);1,8H2,2-7H3,(H,14,16);1,3-9H2,2H3;1,3-8H2,2H3;1,6-7H2,2-5H3,(H,12,14). The molecular weight excluding hydrogens is 1450 g/mol. The van der Waals surface area contributed by atoms with Crippen molar-refractivity contribution in [3.8, 4) is 0 Å². The van der Waals surface area contributed by atoms with Crippen LogP contribution in [0, 0.1) is 5.92 Å². The first-order chi connectivity index (χ1) is 51.2. The van der Waals surface area contributed by atoms with E-state index in [1.54, 1.807) is 160 Å². The highest BCUT2D eigenvalue weighted by Crippen LogP contribution is 2.42. The van der Waals surface area contributed by atoms with Crippen LogP contribution < -0.4 is 16.0 Å². The second-order valence-electron chi connectivity index (χ2n) is 33.4. The fourth-order valence-electron chi connectivity index (χ4n) is 9.68. The van der Waals surface area contributed by atoms with Gasteiger partial charge in [0.25, 0.3) is 0 Å². The maximum atomic E-state index is 12.3. The van der Waals surface area contributed by atoms with Crippen LogP contribution >= 0.6 is 0 Å². The summed E-state index contributed by atoms with van der Waals surface area (Å²) in [5.41, 5.74) is -3.09. The quantitative estimate of drug-likeness (QED) is 0.0370. The smallest absolute Gasteiger partial charge is 0.410 e. The molecule has 112 heavy (non-hydrogen) atoms. The molecule has 3 saturated heterocycles. The Hall–Kier alpha value is -9.12. The number of likely N-dealkylation sites (tertiary alicyclic amines) is 3. The summed E-state index contributed by atoms with van der Waals surface area (Å²) < 4.78 is 61.6. The molecule has 3 N–H and O–H groups in total. The molecular formula is C82H138N6O24. The van der Waals surface area contributed by atoms with Gasteiger partial charge in [-0.2, -0.15) is 0 Å². The monoisotopic (exact) mass is 1590 g/mol. The van der Waals surface area contributed by atoms with Crippen LogP contribution in [-0.2, 0) is 85.6 Å². The molecule has 0 unspecified atom stereocenters. The topological polar surface area (TPSA) is 361 Å². The molecule has 30 nitrogen and oxygen atoms in total. The summed E-state index contributed by atoms with van der Waals surface area (Å²) in [5, 5.41) is 7.75. The van der Waals surface area contributed by atoms with Gasteiger partial charge in [-0.1, -0.05) is 58.7 Å². The molecule has 0 spiro atoms. The third kappa shape index (κ3) is 48.6. The van der Waals surface area contributed by atoms with Crippen molar-refractivity contribution in [2.24, 2.45) is 5.92 Å². The van der Waals surface area contributed by atoms with E-state index >= 15 is 0 Å². The molecule has 3 heterocycles. The lowest BCUT2D eigenvalue weighted by molar-refractivity contribution is -0.170. The number of ether oxygens (including phenoxy) is 12. The largest absolute Gasteiger partial charge is 0.460 e. The van der Waals surface area contributed by atoms with Crippen molar-refractivity contribution in [3.05, 3.63) is 72.9 Å². The zero-order valence-corrected chi connectivity index (χ0v) is 72.1. The van der Waals surface area contributed by atoms with Gasteiger partial charge in [-0.25, -0.2) is 57.5 Å². The molecule has 30 heteroatoms. The number of hydrogen-bond donors (Lipinski definition) is 3. The van der Waals surface area contributed by atoms with Crippen molar-refractivity contribution in [1.82, 2.24) is 30.7 Å². The van der Waals surface area contributed by atoms with Gasteiger partial charge in [0, 0.05) is 85.5 Å². The Morgan fingerprint density at radius 1 is 0.348 bits per heavy atom. The van der Waals surface area contributed by atoms with Crippen LogP contribution in [-0.4, -0.2) is 217 Å². The van der Waals surface area contributed by atoms with Gasteiger partial charge in [0.2, 0.25) is 0 Å². The summed E-state index contributed by atoms with van der Waals surface area (Å²) in [6.07, 6.45) is 9.89. The van der Waals surface area contributed by atoms with Crippen molar-refractivity contribution in [2.45, 2.75) is 288 Å². The molecule has 4 rings (SSSR count). The van der Waals surface area contributed by atoms with E-state index < -0.39 is 92.9 Å². The molecule has 0 atom stereocenters. The summed E-state index contributed by atoms with van der Waals surface area (Å²) in [4.78, 5) is 143. The number of esters is 6. The lowest BCUT2D eigenvalue weighted by atomic mass is 9.72. The molecule has 0 aromatic rings. The Morgan fingerprint density at radius 2 is 0.670 bits per heavy atom. The number of carbonyl (C=O) groups is 12. The summed E-state index contributed by atoms with van der Waals surface area (Å²) >= 11 is 0. The van der Waals surface area contributed by atoms with Gasteiger partial charge in [-0.05, 0) is 217 Å². The molecule has 4 fully saturated rings. The lowest BCUT2D eigenvalue weighted by Gasteiger charge is -2.47. The molecule has 0 bridgehead atoms. The highest BCUT2D eigenvalue weighted by molar-refractivity contribution is 5.89. The molecule has 1 aliphatic carbocycles. The van der Waals surface area contributed by atoms with E-state index in [0.717, 1.165) is 64.7 Å². The average molecular weight is 1590 g/mol. The normalized spacial score (nSPS) is 14.8. The van der Waals surface area contributed by atoms with E-state index in [2.05, 4.69) is 55.4 Å². The van der Waals surface area contributed by atoms with Crippen molar-refractivity contribution < 1.29 is 114 Å². The number of carbonyl (C=O) groups excluding carboxylic acids is 12. The Kier molecular flexibility index (Phi) is 46.3. The third-order valence-corrected chi connectivity index (χ3v) is 16.2. The molecule has 640 valence electrons. The van der Waals surface area contributed by atoms with Crippen LogP contribution in [0.1, 0.15) is 243 Å². The summed E-state index contributed by atoms with van der Waals surface area (Å²) in [5.74, 6) is -2.29. The Morgan fingerprint density at radius 3 is 1.04 bits per heavy atom. The zero-order valence-electron chi connectivity index (χ0n) is 72.1. The minimum absolute atomic E-state index is 0.0747. The first kappa shape index (κ1) is 105. The van der Waals surface area contributed by atoms with Gasteiger partial charge in [-0.3, -0.25) is 0 Å². The number of amides is 6. The molecule has 6 amide bonds. The van der Waals surface area contributed by atoms with Gasteiger partial charge in [0.1, 0.15) is 72.2 Å². The summed E-state index contributed by atoms with van der Waals surface area (Å²) in [7, 11) is 0. The van der Waals surface area contributed by atoms with Crippen LogP contribution in [0.5, 0.6) is 0 Å². The molecule has 0 radical (unpaired) electrons. The predicted molar refractivity (Wildman–Crippen MR) is 425 cm³/mol. The molecule has 0 aromatic heterocycles. The molecule has 0 aromatic carbocycles. The zero-order chi connectivity index (χ0) is 87.0. The van der Waals surface area contributed by atoms with Gasteiger partial charge >= 0.3 is 72.4 Å². The lowest BCUT2D eigenvalue weighted by Crippen LogP contribution is -2.60. The first-order valence-electron chi connectivity index (χ1n) is 38.1.